The average Bonchev–Trinajstić information content (AvgIpc) is 3.58. The second-order valence-electron chi connectivity index (χ2n) is 29.7. The highest BCUT2D eigenvalue weighted by atomic mass is 19.4. The van der Waals surface area contributed by atoms with Crippen LogP contribution in [0.4, 0.5) is 13.2 Å². The van der Waals surface area contributed by atoms with Crippen molar-refractivity contribution in [3.05, 3.63) is 0 Å². The van der Waals surface area contributed by atoms with Crippen LogP contribution in [-0.4, -0.2) is 6.18 Å². The summed E-state index contributed by atoms with van der Waals surface area (Å²) in [6.45, 7) is 64.0. The molecule has 0 atom stereocenters. The van der Waals surface area contributed by atoms with Crippen LogP contribution in [0.3, 0.4) is 0 Å². The van der Waals surface area contributed by atoms with Gasteiger partial charge in [0, 0.05) is 0 Å². The van der Waals surface area contributed by atoms with Crippen molar-refractivity contribution < 1.29 is 13.2 Å². The van der Waals surface area contributed by atoms with E-state index in [0.29, 0.717) is 32.5 Å². The van der Waals surface area contributed by atoms with Crippen molar-refractivity contribution in [2.24, 2.45) is 78.8 Å². The first-order valence-electron chi connectivity index (χ1n) is 26.8. The van der Waals surface area contributed by atoms with Gasteiger partial charge in [0.25, 0.3) is 0 Å². The fraction of sp³-hybridized carbons (Fsp3) is 1.00. The lowest BCUT2D eigenvalue weighted by molar-refractivity contribution is -0.220. The van der Waals surface area contributed by atoms with Gasteiger partial charge in [0.2, 0.25) is 0 Å². The van der Waals surface area contributed by atoms with E-state index in [9.17, 15) is 13.2 Å². The molecule has 0 spiro atoms. The first kappa shape index (κ1) is 83.6. The Morgan fingerprint density at radius 3 is 0.746 bits per heavy atom. The molecular formula is C64H141F3. The van der Waals surface area contributed by atoms with Crippen molar-refractivity contribution in [1.29, 1.82) is 0 Å². The Morgan fingerprint density at radius 1 is 0.388 bits per heavy atom. The largest absolute Gasteiger partial charge is 0.393 e. The van der Waals surface area contributed by atoms with Gasteiger partial charge in [0.05, 0.1) is 5.41 Å². The van der Waals surface area contributed by atoms with Crippen LogP contribution >= 0.6 is 0 Å². The molecule has 2 saturated carbocycles. The summed E-state index contributed by atoms with van der Waals surface area (Å²) in [4.78, 5) is 0. The summed E-state index contributed by atoms with van der Waals surface area (Å²) in [5.74, 6) is 5.57. The van der Waals surface area contributed by atoms with Crippen LogP contribution in [0.1, 0.15) is 333 Å². The van der Waals surface area contributed by atoms with Crippen LogP contribution in [0, 0.1) is 78.8 Å². The Kier molecular flexibility index (Phi) is 44.7. The fourth-order valence-electron chi connectivity index (χ4n) is 11.4. The van der Waals surface area contributed by atoms with E-state index in [-0.39, 0.29) is 41.5 Å². The van der Waals surface area contributed by atoms with Crippen molar-refractivity contribution in [2.45, 2.75) is 339 Å². The molecule has 2 fully saturated rings. The Labute approximate surface area is 429 Å². The standard InChI is InChI=1S/C15H32.C10H20.C9H17F3.C9H18.C9H20.C8H18.4CH4/c1-8-12(9-2)14(15(5,6)7)13(10-3)11-4;1-10(2,3)9-7-5-4-6-8-9;1-7(2,3)6-8(4,5)9(10,11)12;1-9(2,3)8-6-4-5-7-8;1-8(2,3)7-9(4,5)6;1-7(2)6-8(3,4)5;;;;/h12-14H,8-11H2,1-7H3;9H,4-8H2,1-3H3;6H2,1-5H3;8H,4-7H2,1-3H3;7H2,1-6H3;7H,6H2,1-5H3;4*1H4. The van der Waals surface area contributed by atoms with Gasteiger partial charge in [-0.3, -0.25) is 0 Å². The average molecular weight is 968 g/mol. The second-order valence-corrected chi connectivity index (χ2v) is 29.7. The zero-order chi connectivity index (χ0) is 51.3. The van der Waals surface area contributed by atoms with E-state index >= 15 is 0 Å². The van der Waals surface area contributed by atoms with E-state index in [2.05, 4.69) is 166 Å². The Bertz CT molecular complexity index is 1030. The lowest BCUT2D eigenvalue weighted by atomic mass is 9.64. The molecule has 0 N–H and O–H groups in total. The molecule has 0 nitrogen and oxygen atoms in total. The predicted octanol–water partition coefficient (Wildman–Crippen LogP) is 25.5. The number of rotatable bonds is 8. The highest BCUT2D eigenvalue weighted by molar-refractivity contribution is 4.85. The van der Waals surface area contributed by atoms with E-state index in [1.807, 2.05) is 20.8 Å². The molecule has 0 heterocycles. The van der Waals surface area contributed by atoms with Gasteiger partial charge in [-0.15, -0.1) is 0 Å². The highest BCUT2D eigenvalue weighted by Crippen LogP contribution is 2.46. The third kappa shape index (κ3) is 47.9. The summed E-state index contributed by atoms with van der Waals surface area (Å²) in [6.07, 6.45) is 17.3. The van der Waals surface area contributed by atoms with Crippen LogP contribution in [0.15, 0.2) is 0 Å². The minimum absolute atomic E-state index is 0. The molecule has 0 aromatic heterocycles. The topological polar surface area (TPSA) is 0 Å². The minimum Gasteiger partial charge on any atom is -0.171 e. The van der Waals surface area contributed by atoms with Crippen LogP contribution in [0.25, 0.3) is 0 Å². The van der Waals surface area contributed by atoms with E-state index in [0.717, 1.165) is 35.5 Å². The summed E-state index contributed by atoms with van der Waals surface area (Å²) < 4.78 is 37.1. The zero-order valence-electron chi connectivity index (χ0n) is 49.4. The van der Waals surface area contributed by atoms with Crippen molar-refractivity contribution >= 4 is 0 Å². The molecular weight excluding hydrogens is 826 g/mol. The maximum absolute atomic E-state index is 12.4. The van der Waals surface area contributed by atoms with Gasteiger partial charge >= 0.3 is 6.18 Å². The molecule has 0 aromatic rings. The molecule has 0 radical (unpaired) electrons. The van der Waals surface area contributed by atoms with Crippen LogP contribution < -0.4 is 0 Å². The third-order valence-corrected chi connectivity index (χ3v) is 13.3. The maximum atomic E-state index is 12.4. The van der Waals surface area contributed by atoms with Crippen LogP contribution in [-0.2, 0) is 0 Å². The van der Waals surface area contributed by atoms with E-state index in [4.69, 9.17) is 0 Å². The van der Waals surface area contributed by atoms with Crippen molar-refractivity contribution in [3.63, 3.8) is 0 Å². The van der Waals surface area contributed by atoms with Gasteiger partial charge < -0.3 is 0 Å². The van der Waals surface area contributed by atoms with Gasteiger partial charge in [-0.25, -0.2) is 0 Å². The minimum atomic E-state index is -4.10. The van der Waals surface area contributed by atoms with Crippen molar-refractivity contribution in [3.8, 4) is 0 Å². The first-order chi connectivity index (χ1) is 27.7. The lowest BCUT2D eigenvalue weighted by Gasteiger charge is -2.42. The highest BCUT2D eigenvalue weighted by Gasteiger charge is 2.48. The van der Waals surface area contributed by atoms with Crippen molar-refractivity contribution in [2.75, 3.05) is 0 Å². The molecule has 67 heavy (non-hydrogen) atoms. The molecule has 2 aliphatic rings. The van der Waals surface area contributed by atoms with Crippen LogP contribution in [0.2, 0.25) is 0 Å². The van der Waals surface area contributed by atoms with Crippen molar-refractivity contribution in [1.82, 2.24) is 0 Å². The molecule has 0 aromatic carbocycles. The number of alkyl halides is 3. The monoisotopic (exact) mass is 967 g/mol. The summed E-state index contributed by atoms with van der Waals surface area (Å²) in [5, 5.41) is 0. The molecule has 0 bridgehead atoms. The van der Waals surface area contributed by atoms with E-state index in [1.165, 1.54) is 110 Å². The van der Waals surface area contributed by atoms with Gasteiger partial charge in [0.15, 0.2) is 0 Å². The first-order valence-corrected chi connectivity index (χ1v) is 26.8. The molecule has 2 rings (SSSR count). The Balaban J connectivity index is -0.000000104. The zero-order valence-corrected chi connectivity index (χ0v) is 49.4. The van der Waals surface area contributed by atoms with Gasteiger partial charge in [0.1, 0.15) is 0 Å². The Morgan fingerprint density at radius 2 is 0.642 bits per heavy atom. The molecule has 2 aliphatic carbocycles. The Hall–Kier alpha value is -0.210. The summed E-state index contributed by atoms with van der Waals surface area (Å²) in [7, 11) is 0. The molecule has 0 amide bonds. The predicted molar refractivity (Wildman–Crippen MR) is 312 cm³/mol. The fourth-order valence-corrected chi connectivity index (χ4v) is 11.4. The number of halogens is 3. The van der Waals surface area contributed by atoms with E-state index in [1.54, 1.807) is 0 Å². The smallest absolute Gasteiger partial charge is 0.171 e. The van der Waals surface area contributed by atoms with Gasteiger partial charge in [-0.05, 0) is 118 Å². The molecule has 3 heteroatoms. The number of hydrogen-bond acceptors (Lipinski definition) is 0. The molecule has 0 unspecified atom stereocenters. The second kappa shape index (κ2) is 35.8. The maximum Gasteiger partial charge on any atom is 0.393 e. The van der Waals surface area contributed by atoms with Crippen LogP contribution in [0.5, 0.6) is 0 Å². The van der Waals surface area contributed by atoms with E-state index < -0.39 is 11.6 Å². The summed E-state index contributed by atoms with van der Waals surface area (Å²) in [6, 6.07) is 0. The van der Waals surface area contributed by atoms with Gasteiger partial charge in [-0.2, -0.15) is 13.2 Å². The van der Waals surface area contributed by atoms with Gasteiger partial charge in [-0.1, -0.05) is 288 Å². The third-order valence-electron chi connectivity index (χ3n) is 13.3. The number of hydrogen-bond donors (Lipinski definition) is 0. The molecule has 0 aliphatic heterocycles. The SMILES string of the molecule is C.C.C.C.CC(C)(C)C1CCCC1.CC(C)(C)C1CCCCC1.CC(C)(C)CC(C)(C)C.CC(C)(C)CC(C)(C)C(F)(F)F.CC(C)CC(C)(C)C.CCC(CC)C(C(CC)CC)C(C)(C)C. The normalized spacial score (nSPS) is 15.6. The summed E-state index contributed by atoms with van der Waals surface area (Å²) >= 11 is 0. The molecule has 0 saturated heterocycles. The quantitative estimate of drug-likeness (QED) is 0.227. The summed E-state index contributed by atoms with van der Waals surface area (Å²) in [5.41, 5.74) is 1.25. The molecule has 418 valence electrons. The lowest BCUT2D eigenvalue weighted by Crippen LogP contribution is -2.35.